The van der Waals surface area contributed by atoms with Gasteiger partial charge in [0, 0.05) is 76.5 Å². The lowest BCUT2D eigenvalue weighted by Crippen LogP contribution is -2.64. The maximum absolute atomic E-state index is 14.6. The Bertz CT molecular complexity index is 2060. The molecule has 3 saturated heterocycles. The summed E-state index contributed by atoms with van der Waals surface area (Å²) in [5.74, 6) is -8.05. The highest BCUT2D eigenvalue weighted by molar-refractivity contribution is 6.39. The number of allylic oxidation sites excluding steroid dienone is 3. The Balaban J connectivity index is 1.21. The largest absolute Gasteiger partial charge is 0.456 e. The van der Waals surface area contributed by atoms with E-state index in [1.54, 1.807) is 21.0 Å². The molecule has 14 atom stereocenters. The molecule has 72 heavy (non-hydrogen) atoms. The van der Waals surface area contributed by atoms with Gasteiger partial charge in [0.1, 0.15) is 30.6 Å². The van der Waals surface area contributed by atoms with Crippen LogP contribution >= 0.6 is 0 Å². The van der Waals surface area contributed by atoms with Gasteiger partial charge in [0.2, 0.25) is 11.7 Å². The number of rotatable bonds is 11. The molecule has 4 fully saturated rings. The second-order valence-corrected chi connectivity index (χ2v) is 21.1. The lowest BCUT2D eigenvalue weighted by atomic mass is 9.81. The van der Waals surface area contributed by atoms with Crippen LogP contribution in [-0.4, -0.2) is 160 Å². The zero-order chi connectivity index (χ0) is 52.3. The van der Waals surface area contributed by atoms with Crippen LogP contribution in [0.5, 0.6) is 0 Å². The fraction of sp³-hybridized carbons (Fsp3) is 0.727. The number of aliphatic hydroxyl groups is 2. The van der Waals surface area contributed by atoms with Gasteiger partial charge in [-0.25, -0.2) is 4.79 Å². The lowest BCUT2D eigenvalue weighted by Gasteiger charge is -2.47. The number of carbonyl (C=O) groups is 5. The van der Waals surface area contributed by atoms with Crippen LogP contribution in [0.15, 0.2) is 47.6 Å². The summed E-state index contributed by atoms with van der Waals surface area (Å²) in [7, 11) is 4.67. The summed E-state index contributed by atoms with van der Waals surface area (Å²) in [6.07, 6.45) is 3.65. The highest BCUT2D eigenvalue weighted by atomic mass is 16.7. The normalized spacial score (nSPS) is 36.1. The lowest BCUT2D eigenvalue weighted by molar-refractivity contribution is -0.302. The fourth-order valence-electron chi connectivity index (χ4n) is 11.5. The Morgan fingerprint density at radius 1 is 0.875 bits per heavy atom. The predicted octanol–water partition coefficient (Wildman–Crippen LogP) is 5.97. The average molecular weight is 1010 g/mol. The van der Waals surface area contributed by atoms with Gasteiger partial charge in [-0.15, -0.1) is 0 Å². The fourth-order valence-corrected chi connectivity index (χ4v) is 11.5. The van der Waals surface area contributed by atoms with Gasteiger partial charge in [0.15, 0.2) is 0 Å². The van der Waals surface area contributed by atoms with Crippen LogP contribution in [-0.2, 0) is 57.1 Å². The number of hydrogen-bond donors (Lipinski definition) is 3. The van der Waals surface area contributed by atoms with Crippen molar-refractivity contribution < 1.29 is 67.3 Å². The molecule has 17 nitrogen and oxygen atoms in total. The first-order valence-electron chi connectivity index (χ1n) is 26.4. The van der Waals surface area contributed by atoms with E-state index in [2.05, 4.69) is 17.1 Å². The second kappa shape index (κ2) is 26.4. The highest BCUT2D eigenvalue weighted by Gasteiger charge is 2.56. The number of amides is 2. The molecule has 17 heteroatoms. The van der Waals surface area contributed by atoms with Crippen LogP contribution in [0, 0.1) is 29.6 Å². The number of aliphatic hydroxyl groups excluding tert-OH is 1. The number of piperidine rings is 1. The van der Waals surface area contributed by atoms with E-state index in [-0.39, 0.29) is 68.1 Å². The Labute approximate surface area is 426 Å². The standard InChI is InChI=1S/C55H83N3O14/c1-10-39-26-33(2)25-34(3)27-47(67-8)51-48(68-9)29-36(5)55(65,72-51)52(62)53(63)58-20-12-11-13-42(58)54(64)71-50(37(6)43(59)31-44(39)60)35(4)28-38-14-19-45(46(30-38)66-7)70-32-49(61)56-40-15-17-41(18-16-40)57-21-23-69-24-22-57/h15-18,26,28,34,36-39,42-43,45-48,50-51,59,65H,10-14,19-25,27,29-32H2,1-9H3,(H,56,61)/b33-26+,35-28+/t34-,36+,37+,38?,39+,42-,43-,45+,46+,47-,48-,50+,51+,55+/m0/s1. The highest BCUT2D eigenvalue weighted by Crippen LogP contribution is 2.39. The predicted molar refractivity (Wildman–Crippen MR) is 270 cm³/mol. The van der Waals surface area contributed by atoms with Crippen LogP contribution in [0.4, 0.5) is 11.4 Å². The molecule has 1 aromatic carbocycles. The maximum Gasteiger partial charge on any atom is 0.329 e. The molecule has 4 heterocycles. The average Bonchev–Trinajstić information content (AvgIpc) is 3.38. The summed E-state index contributed by atoms with van der Waals surface area (Å²) in [4.78, 5) is 73.9. The monoisotopic (exact) mass is 1010 g/mol. The molecular formula is C55H83N3O14. The summed E-state index contributed by atoms with van der Waals surface area (Å²) in [5.41, 5.74) is 3.36. The Kier molecular flexibility index (Phi) is 21.0. The van der Waals surface area contributed by atoms with Crippen molar-refractivity contribution in [3.8, 4) is 0 Å². The number of fused-ring (bicyclic) bond motifs is 3. The number of benzene rings is 1. The molecule has 1 unspecified atom stereocenters. The molecule has 1 saturated carbocycles. The number of carbonyl (C=O) groups excluding carboxylic acids is 5. The quantitative estimate of drug-likeness (QED) is 0.133. The van der Waals surface area contributed by atoms with E-state index in [1.165, 1.54) is 19.1 Å². The molecule has 402 valence electrons. The number of methoxy groups -OCH3 is 3. The molecular weight excluding hydrogens is 927 g/mol. The third-order valence-corrected chi connectivity index (χ3v) is 15.8. The molecule has 1 aromatic rings. The number of hydrogen-bond acceptors (Lipinski definition) is 15. The maximum atomic E-state index is 14.6. The topological polar surface area (TPSA) is 209 Å². The minimum atomic E-state index is -2.53. The van der Waals surface area contributed by atoms with Gasteiger partial charge in [-0.05, 0) is 120 Å². The Morgan fingerprint density at radius 3 is 2.22 bits per heavy atom. The van der Waals surface area contributed by atoms with Gasteiger partial charge in [0.25, 0.3) is 11.7 Å². The van der Waals surface area contributed by atoms with Crippen molar-refractivity contribution in [3.05, 3.63) is 47.6 Å². The number of morpholine rings is 1. The van der Waals surface area contributed by atoms with Gasteiger partial charge in [0.05, 0.1) is 43.7 Å². The van der Waals surface area contributed by atoms with Crippen molar-refractivity contribution in [1.29, 1.82) is 0 Å². The molecule has 0 radical (unpaired) electrons. The molecule has 5 aliphatic rings. The van der Waals surface area contributed by atoms with E-state index in [1.807, 2.05) is 57.2 Å². The van der Waals surface area contributed by atoms with Crippen molar-refractivity contribution in [3.63, 3.8) is 0 Å². The molecule has 2 bridgehead atoms. The number of esters is 1. The number of Topliss-reactive ketones (excluding diaryl/α,β-unsaturated/α-hetero) is 2. The molecule has 0 spiro atoms. The van der Waals surface area contributed by atoms with Crippen molar-refractivity contribution >= 4 is 40.7 Å². The minimum absolute atomic E-state index is 0.0147. The van der Waals surface area contributed by atoms with Crippen LogP contribution < -0.4 is 10.2 Å². The van der Waals surface area contributed by atoms with Gasteiger partial charge in [-0.2, -0.15) is 0 Å². The van der Waals surface area contributed by atoms with Crippen molar-refractivity contribution in [2.75, 3.05) is 71.0 Å². The van der Waals surface area contributed by atoms with Gasteiger partial charge in [-0.1, -0.05) is 45.4 Å². The van der Waals surface area contributed by atoms with Gasteiger partial charge < -0.3 is 58.5 Å². The second-order valence-electron chi connectivity index (χ2n) is 21.1. The first-order chi connectivity index (χ1) is 34.4. The number of nitrogens with zero attached hydrogens (tertiary/aromatic N) is 2. The van der Waals surface area contributed by atoms with Crippen molar-refractivity contribution in [2.45, 2.75) is 167 Å². The van der Waals surface area contributed by atoms with Crippen LogP contribution in [0.3, 0.4) is 0 Å². The van der Waals surface area contributed by atoms with Gasteiger partial charge in [-0.3, -0.25) is 19.2 Å². The first-order valence-corrected chi connectivity index (χ1v) is 26.4. The van der Waals surface area contributed by atoms with Crippen LogP contribution in [0.1, 0.15) is 112 Å². The third kappa shape index (κ3) is 14.2. The molecule has 1 aliphatic carbocycles. The molecule has 6 rings (SSSR count). The molecule has 4 aliphatic heterocycles. The van der Waals surface area contributed by atoms with Crippen molar-refractivity contribution in [1.82, 2.24) is 4.90 Å². The van der Waals surface area contributed by atoms with Crippen molar-refractivity contribution in [2.24, 2.45) is 29.6 Å². The van der Waals surface area contributed by atoms with Crippen LogP contribution in [0.25, 0.3) is 0 Å². The van der Waals surface area contributed by atoms with E-state index < -0.39 is 77.8 Å². The SMILES string of the molecule is CC[C@@H]1/C=C(\C)C[C@H](C)C[C@H](OC)[C@H]2O[C@@](O)(C(=O)C(=O)N3CCCC[C@H]3C(=O)O[C@H](/C(C)=C/C3CC[C@@H](OCC(=O)Nc4ccc(N5CCOCC5)cc4)[C@H](OC)C3)[C@H](C)[C@@H](O)CC1=O)[C@H](C)C[C@@H]2OC. The Morgan fingerprint density at radius 2 is 1.56 bits per heavy atom. The summed E-state index contributed by atoms with van der Waals surface area (Å²) in [5, 5.41) is 27.0. The number of ether oxygens (including phenoxy) is 7. The van der Waals surface area contributed by atoms with E-state index in [9.17, 15) is 34.2 Å². The number of anilines is 2. The molecule has 2 amide bonds. The minimum Gasteiger partial charge on any atom is -0.456 e. The van der Waals surface area contributed by atoms with Gasteiger partial charge >= 0.3 is 5.97 Å². The summed E-state index contributed by atoms with van der Waals surface area (Å²) >= 11 is 0. The van der Waals surface area contributed by atoms with E-state index in [0.717, 1.165) is 24.4 Å². The summed E-state index contributed by atoms with van der Waals surface area (Å²) in [6.45, 7) is 14.1. The number of cyclic esters (lactones) is 1. The van der Waals surface area contributed by atoms with E-state index in [4.69, 9.17) is 33.2 Å². The molecule has 3 N–H and O–H groups in total. The first kappa shape index (κ1) is 57.2. The zero-order valence-electron chi connectivity index (χ0n) is 44.2. The smallest absolute Gasteiger partial charge is 0.329 e. The Hall–Kier alpha value is -4.07. The number of nitrogens with one attached hydrogen (secondary N) is 1. The van der Waals surface area contributed by atoms with Crippen LogP contribution in [0.2, 0.25) is 0 Å². The van der Waals surface area contributed by atoms with E-state index in [0.29, 0.717) is 75.8 Å². The third-order valence-electron chi connectivity index (χ3n) is 15.8. The summed E-state index contributed by atoms with van der Waals surface area (Å²) < 4.78 is 42.0. The summed E-state index contributed by atoms with van der Waals surface area (Å²) in [6, 6.07) is 6.54. The number of ketones is 2. The van der Waals surface area contributed by atoms with E-state index >= 15 is 0 Å². The zero-order valence-corrected chi connectivity index (χ0v) is 44.2. The molecule has 0 aromatic heterocycles.